The fourth-order valence-electron chi connectivity index (χ4n) is 1.92. The van der Waals surface area contributed by atoms with Gasteiger partial charge in [0.25, 0.3) is 0 Å². The molecular formula is C13H22NO3P. The summed E-state index contributed by atoms with van der Waals surface area (Å²) in [6.45, 7) is 8.25. The minimum Gasteiger partial charge on any atom is -0.461 e. The molecule has 1 aromatic heterocycles. The Hall–Kier alpha value is -1.15. The molecule has 102 valence electrons. The minimum atomic E-state index is -0.225. The van der Waals surface area contributed by atoms with Crippen molar-refractivity contribution < 1.29 is 14.3 Å². The predicted octanol–water partition coefficient (Wildman–Crippen LogP) is 2.63. The Balaban J connectivity index is 0.000000659. The molecule has 5 heteroatoms. The first-order valence-electron chi connectivity index (χ1n) is 6.18. The molecule has 0 bridgehead atoms. The molecule has 1 aliphatic carbocycles. The molecule has 1 unspecified atom stereocenters. The second-order valence-electron chi connectivity index (χ2n) is 3.45. The van der Waals surface area contributed by atoms with Crippen molar-refractivity contribution in [2.24, 2.45) is 0 Å². The van der Waals surface area contributed by atoms with E-state index >= 15 is 0 Å². The lowest BCUT2D eigenvalue weighted by Gasteiger charge is -2.04. The van der Waals surface area contributed by atoms with E-state index in [0.29, 0.717) is 12.3 Å². The molecule has 0 saturated carbocycles. The molecule has 18 heavy (non-hydrogen) atoms. The maximum Gasteiger partial charge on any atom is 0.355 e. The fourth-order valence-corrected chi connectivity index (χ4v) is 2.40. The van der Waals surface area contributed by atoms with Crippen molar-refractivity contribution in [1.29, 1.82) is 0 Å². The molecular weight excluding hydrogens is 249 g/mol. The van der Waals surface area contributed by atoms with E-state index in [1.807, 2.05) is 38.0 Å². The minimum absolute atomic E-state index is 0.225. The molecule has 0 saturated heterocycles. The Bertz CT molecular complexity index is 388. The van der Waals surface area contributed by atoms with Gasteiger partial charge in [-0.25, -0.2) is 4.79 Å². The molecule has 1 atom stereocenters. The van der Waals surface area contributed by atoms with E-state index in [1.54, 1.807) is 0 Å². The topological polar surface area (TPSA) is 48.3 Å². The van der Waals surface area contributed by atoms with Gasteiger partial charge in [0.1, 0.15) is 12.5 Å². The molecule has 0 radical (unpaired) electrons. The van der Waals surface area contributed by atoms with Gasteiger partial charge in [-0.15, -0.1) is 0 Å². The molecule has 0 spiro atoms. The monoisotopic (exact) mass is 271 g/mol. The molecule has 1 aromatic rings. The van der Waals surface area contributed by atoms with E-state index in [-0.39, 0.29) is 5.97 Å². The molecule has 2 rings (SSSR count). The summed E-state index contributed by atoms with van der Waals surface area (Å²) < 4.78 is 6.86. The first-order chi connectivity index (χ1) is 8.74. The highest BCUT2D eigenvalue weighted by atomic mass is 31.0. The molecule has 0 aromatic carbocycles. The van der Waals surface area contributed by atoms with E-state index in [2.05, 4.69) is 9.39 Å². The van der Waals surface area contributed by atoms with Crippen molar-refractivity contribution in [1.82, 2.24) is 4.34 Å². The third-order valence-electron chi connectivity index (χ3n) is 2.58. The first-order valence-corrected chi connectivity index (χ1v) is 6.70. The molecule has 1 aliphatic rings. The smallest absolute Gasteiger partial charge is 0.355 e. The van der Waals surface area contributed by atoms with Gasteiger partial charge in [0.05, 0.1) is 6.61 Å². The van der Waals surface area contributed by atoms with E-state index < -0.39 is 0 Å². The second-order valence-corrected chi connectivity index (χ2v) is 3.96. The van der Waals surface area contributed by atoms with Crippen molar-refractivity contribution in [3.8, 4) is 0 Å². The third kappa shape index (κ3) is 3.67. The molecule has 1 heterocycles. The van der Waals surface area contributed by atoms with Gasteiger partial charge >= 0.3 is 5.97 Å². The predicted molar refractivity (Wildman–Crippen MR) is 76.0 cm³/mol. The van der Waals surface area contributed by atoms with Gasteiger partial charge in [-0.05, 0) is 47.2 Å². The Morgan fingerprint density at radius 2 is 2.06 bits per heavy atom. The molecule has 4 nitrogen and oxygen atoms in total. The maximum atomic E-state index is 11.5. The lowest BCUT2D eigenvalue weighted by molar-refractivity contribution is -0.0980. The molecule has 0 N–H and O–H groups in total. The summed E-state index contributed by atoms with van der Waals surface area (Å²) in [5.74, 6) is -0.225. The number of carbonyl (C=O) groups is 2. The Morgan fingerprint density at radius 1 is 1.44 bits per heavy atom. The van der Waals surface area contributed by atoms with Crippen LogP contribution in [-0.2, 0) is 22.4 Å². The lowest BCUT2D eigenvalue weighted by Crippen LogP contribution is -2.08. The van der Waals surface area contributed by atoms with Gasteiger partial charge in [-0.1, -0.05) is 13.8 Å². The number of aryl methyl sites for hydroxylation is 1. The number of carbonyl (C=O) groups excluding carboxylic acids is 2. The summed E-state index contributed by atoms with van der Waals surface area (Å²) in [5.41, 5.74) is 3.21. The van der Waals surface area contributed by atoms with Crippen LogP contribution in [-0.4, -0.2) is 23.7 Å². The van der Waals surface area contributed by atoms with Crippen molar-refractivity contribution in [2.45, 2.75) is 40.0 Å². The van der Waals surface area contributed by atoms with Crippen molar-refractivity contribution in [3.63, 3.8) is 0 Å². The largest absolute Gasteiger partial charge is 0.461 e. The van der Waals surface area contributed by atoms with Crippen molar-refractivity contribution >= 4 is 22.1 Å². The molecule has 0 aliphatic heterocycles. The number of ether oxygens (including phenoxy) is 1. The highest BCUT2D eigenvalue weighted by Crippen LogP contribution is 2.27. The van der Waals surface area contributed by atoms with Crippen LogP contribution in [0, 0.1) is 0 Å². The van der Waals surface area contributed by atoms with E-state index in [0.717, 1.165) is 12.8 Å². The van der Waals surface area contributed by atoms with Crippen molar-refractivity contribution in [2.75, 3.05) is 6.61 Å². The fraction of sp³-hybridized carbons (Fsp3) is 0.538. The van der Waals surface area contributed by atoms with Gasteiger partial charge in [-0.2, -0.15) is 0 Å². The molecule has 0 amide bonds. The van der Waals surface area contributed by atoms with Gasteiger partial charge in [0, 0.05) is 5.69 Å². The number of fused-ring (bicyclic) bond motifs is 1. The summed E-state index contributed by atoms with van der Waals surface area (Å²) in [5, 5.41) is 0. The number of aromatic nitrogens is 1. The number of hydrogen-bond acceptors (Lipinski definition) is 3. The summed E-state index contributed by atoms with van der Waals surface area (Å²) in [4.78, 5) is 19.5. The normalized spacial score (nSPS) is 11.6. The van der Waals surface area contributed by atoms with Crippen LogP contribution >= 0.6 is 9.39 Å². The van der Waals surface area contributed by atoms with E-state index in [1.165, 1.54) is 17.7 Å². The summed E-state index contributed by atoms with van der Waals surface area (Å²) in [6.07, 6.45) is 3.35. The van der Waals surface area contributed by atoms with Crippen LogP contribution in [0.25, 0.3) is 0 Å². The van der Waals surface area contributed by atoms with Gasteiger partial charge in [0.2, 0.25) is 0 Å². The maximum absolute atomic E-state index is 11.5. The highest BCUT2D eigenvalue weighted by molar-refractivity contribution is 7.14. The quantitative estimate of drug-likeness (QED) is 0.613. The van der Waals surface area contributed by atoms with Gasteiger partial charge in [0.15, 0.2) is 0 Å². The number of esters is 1. The van der Waals surface area contributed by atoms with Crippen LogP contribution in [0.3, 0.4) is 0 Å². The zero-order chi connectivity index (χ0) is 14.1. The van der Waals surface area contributed by atoms with Crippen LogP contribution < -0.4 is 0 Å². The first kappa shape index (κ1) is 16.9. The van der Waals surface area contributed by atoms with Crippen molar-refractivity contribution in [3.05, 3.63) is 23.0 Å². The van der Waals surface area contributed by atoms with Gasteiger partial charge < -0.3 is 13.9 Å². The van der Waals surface area contributed by atoms with Crippen LogP contribution in [0.4, 0.5) is 0 Å². The standard InChI is InChI=1S/C10H14NO2P.C2H6.CH2O/c1-2-13-10(12)9-6-7-4-3-5-8(7)11(9)14;2*1-2/h6H,2-5,14H2,1H3;1-2H3;1H2. The van der Waals surface area contributed by atoms with Gasteiger partial charge in [-0.3, -0.25) is 0 Å². The van der Waals surface area contributed by atoms with E-state index in [9.17, 15) is 4.79 Å². The zero-order valence-electron chi connectivity index (χ0n) is 11.4. The summed E-state index contributed by atoms with van der Waals surface area (Å²) >= 11 is 0. The Kier molecular flexibility index (Phi) is 8.30. The summed E-state index contributed by atoms with van der Waals surface area (Å²) in [7, 11) is 2.58. The lowest BCUT2D eigenvalue weighted by atomic mass is 10.2. The average Bonchev–Trinajstić information content (AvgIpc) is 2.98. The highest BCUT2D eigenvalue weighted by Gasteiger charge is 2.21. The summed E-state index contributed by atoms with van der Waals surface area (Å²) in [6, 6.07) is 1.95. The zero-order valence-corrected chi connectivity index (χ0v) is 12.5. The Morgan fingerprint density at radius 3 is 2.56 bits per heavy atom. The number of nitrogens with zero attached hydrogens (tertiary/aromatic N) is 1. The van der Waals surface area contributed by atoms with Crippen LogP contribution in [0.1, 0.15) is 48.9 Å². The van der Waals surface area contributed by atoms with E-state index in [4.69, 9.17) is 9.53 Å². The average molecular weight is 271 g/mol. The number of hydrogen-bond donors (Lipinski definition) is 0. The third-order valence-corrected chi connectivity index (χ3v) is 3.17. The van der Waals surface area contributed by atoms with Crippen LogP contribution in [0.2, 0.25) is 0 Å². The SMILES string of the molecule is C=O.CC.CCOC(=O)c1cc2c(n1P)CCC2. The Labute approximate surface area is 111 Å². The van der Waals surface area contributed by atoms with Crippen LogP contribution in [0.15, 0.2) is 6.07 Å². The number of rotatable bonds is 2. The molecule has 0 fully saturated rings. The van der Waals surface area contributed by atoms with Crippen LogP contribution in [0.5, 0.6) is 0 Å². The second kappa shape index (κ2) is 8.87.